The SMILES string of the molecule is Cc1cc(Br)c(NC(=O)COc2ccc(/C=C3/SC(=O)N(CC(=O)c4ccc(Br)cc4)C3=O)cc2)cc1C. The van der Waals surface area contributed by atoms with Crippen LogP contribution in [0.5, 0.6) is 5.75 Å². The summed E-state index contributed by atoms with van der Waals surface area (Å²) in [6.07, 6.45) is 1.59. The Morgan fingerprint density at radius 2 is 1.63 bits per heavy atom. The van der Waals surface area contributed by atoms with Gasteiger partial charge in [-0.3, -0.25) is 24.1 Å². The second-order valence-corrected chi connectivity index (χ2v) is 11.3. The number of ether oxygens (including phenoxy) is 1. The lowest BCUT2D eigenvalue weighted by molar-refractivity contribution is -0.122. The van der Waals surface area contributed by atoms with Gasteiger partial charge in [0.1, 0.15) is 5.75 Å². The van der Waals surface area contributed by atoms with E-state index in [1.807, 2.05) is 26.0 Å². The van der Waals surface area contributed by atoms with Crippen LogP contribution in [0.25, 0.3) is 6.08 Å². The number of benzene rings is 3. The molecular formula is C28H22Br2N2O5S. The molecule has 38 heavy (non-hydrogen) atoms. The molecule has 1 fully saturated rings. The van der Waals surface area contributed by atoms with E-state index in [1.54, 1.807) is 54.6 Å². The fourth-order valence-corrected chi connectivity index (χ4v) is 5.19. The Bertz CT molecular complexity index is 1450. The van der Waals surface area contributed by atoms with E-state index < -0.39 is 11.1 Å². The van der Waals surface area contributed by atoms with Crippen LogP contribution in [0.1, 0.15) is 27.0 Å². The van der Waals surface area contributed by atoms with Crippen LogP contribution in [-0.2, 0) is 9.59 Å². The van der Waals surface area contributed by atoms with E-state index in [2.05, 4.69) is 37.2 Å². The second-order valence-electron chi connectivity index (χ2n) is 8.52. The van der Waals surface area contributed by atoms with Gasteiger partial charge in [0, 0.05) is 14.5 Å². The molecule has 0 atom stereocenters. The van der Waals surface area contributed by atoms with Crippen molar-refractivity contribution in [2.75, 3.05) is 18.5 Å². The molecule has 1 heterocycles. The van der Waals surface area contributed by atoms with E-state index >= 15 is 0 Å². The lowest BCUT2D eigenvalue weighted by atomic mass is 10.1. The number of carbonyl (C=O) groups is 4. The third-order valence-electron chi connectivity index (χ3n) is 5.75. The van der Waals surface area contributed by atoms with Crippen molar-refractivity contribution < 1.29 is 23.9 Å². The molecule has 3 aromatic carbocycles. The number of anilines is 1. The smallest absolute Gasteiger partial charge is 0.293 e. The van der Waals surface area contributed by atoms with Gasteiger partial charge in [-0.05, 0) is 101 Å². The third-order valence-corrected chi connectivity index (χ3v) is 7.84. The van der Waals surface area contributed by atoms with E-state index in [4.69, 9.17) is 4.74 Å². The largest absolute Gasteiger partial charge is 0.484 e. The van der Waals surface area contributed by atoms with E-state index in [-0.39, 0.29) is 29.7 Å². The molecule has 0 unspecified atom stereocenters. The van der Waals surface area contributed by atoms with Crippen molar-refractivity contribution in [2.45, 2.75) is 13.8 Å². The van der Waals surface area contributed by atoms with Crippen molar-refractivity contribution in [2.24, 2.45) is 0 Å². The first-order chi connectivity index (χ1) is 18.1. The lowest BCUT2D eigenvalue weighted by Gasteiger charge is -2.11. The monoisotopic (exact) mass is 656 g/mol. The molecule has 0 aromatic heterocycles. The van der Waals surface area contributed by atoms with E-state index in [0.29, 0.717) is 22.6 Å². The Morgan fingerprint density at radius 1 is 0.974 bits per heavy atom. The summed E-state index contributed by atoms with van der Waals surface area (Å²) in [6, 6.07) is 17.3. The fraction of sp³-hybridized carbons (Fsp3) is 0.143. The summed E-state index contributed by atoms with van der Waals surface area (Å²) in [5.41, 5.74) is 3.94. The molecule has 3 aromatic rings. The first-order valence-electron chi connectivity index (χ1n) is 11.4. The van der Waals surface area contributed by atoms with Crippen LogP contribution in [0.4, 0.5) is 10.5 Å². The number of hydrogen-bond acceptors (Lipinski definition) is 6. The van der Waals surface area contributed by atoms with E-state index in [0.717, 1.165) is 36.7 Å². The van der Waals surface area contributed by atoms with Crippen LogP contribution in [0.15, 0.2) is 74.5 Å². The van der Waals surface area contributed by atoms with Gasteiger partial charge in [-0.15, -0.1) is 0 Å². The lowest BCUT2D eigenvalue weighted by Crippen LogP contribution is -2.33. The van der Waals surface area contributed by atoms with Crippen LogP contribution in [0.2, 0.25) is 0 Å². The molecule has 1 N–H and O–H groups in total. The topological polar surface area (TPSA) is 92.8 Å². The minimum absolute atomic E-state index is 0.177. The number of Topliss-reactive ketones (excluding diaryl/α,β-unsaturated/α-hetero) is 1. The zero-order valence-corrected chi connectivity index (χ0v) is 24.4. The Hall–Kier alpha value is -3.21. The van der Waals surface area contributed by atoms with Gasteiger partial charge in [-0.25, -0.2) is 0 Å². The molecule has 1 saturated heterocycles. The fourth-order valence-electron chi connectivity index (χ4n) is 3.53. The van der Waals surface area contributed by atoms with Gasteiger partial charge in [-0.1, -0.05) is 40.2 Å². The van der Waals surface area contributed by atoms with Gasteiger partial charge in [0.05, 0.1) is 17.1 Å². The molecule has 3 amide bonds. The summed E-state index contributed by atoms with van der Waals surface area (Å²) in [7, 11) is 0. The van der Waals surface area contributed by atoms with Gasteiger partial charge in [0.2, 0.25) is 0 Å². The summed E-state index contributed by atoms with van der Waals surface area (Å²) in [4.78, 5) is 51.2. The first kappa shape index (κ1) is 27.8. The summed E-state index contributed by atoms with van der Waals surface area (Å²) in [5, 5.41) is 2.33. The molecule has 10 heteroatoms. The maximum absolute atomic E-state index is 12.8. The quantitative estimate of drug-likeness (QED) is 0.212. The predicted molar refractivity (Wildman–Crippen MR) is 155 cm³/mol. The number of halogens is 2. The summed E-state index contributed by atoms with van der Waals surface area (Å²) < 4.78 is 7.20. The van der Waals surface area contributed by atoms with Crippen molar-refractivity contribution in [3.05, 3.63) is 96.8 Å². The van der Waals surface area contributed by atoms with E-state index in [1.165, 1.54) is 0 Å². The molecule has 0 bridgehead atoms. The van der Waals surface area contributed by atoms with Crippen molar-refractivity contribution in [3.63, 3.8) is 0 Å². The minimum atomic E-state index is -0.514. The third kappa shape index (κ3) is 6.80. The number of hydrogen-bond donors (Lipinski definition) is 1. The van der Waals surface area contributed by atoms with Crippen LogP contribution in [0.3, 0.4) is 0 Å². The highest BCUT2D eigenvalue weighted by molar-refractivity contribution is 9.10. The Balaban J connectivity index is 1.34. The van der Waals surface area contributed by atoms with Crippen molar-refractivity contribution >= 4 is 78.2 Å². The average molecular weight is 658 g/mol. The zero-order chi connectivity index (χ0) is 27.4. The molecule has 0 spiro atoms. The highest BCUT2D eigenvalue weighted by Gasteiger charge is 2.36. The highest BCUT2D eigenvalue weighted by atomic mass is 79.9. The predicted octanol–water partition coefficient (Wildman–Crippen LogP) is 6.77. The van der Waals surface area contributed by atoms with Crippen LogP contribution in [-0.4, -0.2) is 40.9 Å². The van der Waals surface area contributed by atoms with Crippen LogP contribution >= 0.6 is 43.6 Å². The Morgan fingerprint density at radius 3 is 2.32 bits per heavy atom. The maximum atomic E-state index is 12.8. The average Bonchev–Trinajstić information content (AvgIpc) is 3.14. The summed E-state index contributed by atoms with van der Waals surface area (Å²) >= 11 is 7.56. The highest BCUT2D eigenvalue weighted by Crippen LogP contribution is 2.32. The number of nitrogens with one attached hydrogen (secondary N) is 1. The van der Waals surface area contributed by atoms with Gasteiger partial charge in [0.15, 0.2) is 12.4 Å². The molecule has 0 aliphatic carbocycles. The normalized spacial score (nSPS) is 14.2. The second kappa shape index (κ2) is 12.1. The molecule has 7 nitrogen and oxygen atoms in total. The van der Waals surface area contributed by atoms with Gasteiger partial charge in [0.25, 0.3) is 17.1 Å². The van der Waals surface area contributed by atoms with Gasteiger partial charge in [-0.2, -0.15) is 0 Å². The molecular weight excluding hydrogens is 636 g/mol. The first-order valence-corrected chi connectivity index (χ1v) is 13.8. The van der Waals surface area contributed by atoms with E-state index in [9.17, 15) is 19.2 Å². The van der Waals surface area contributed by atoms with Crippen LogP contribution < -0.4 is 10.1 Å². The number of ketones is 1. The number of amides is 3. The zero-order valence-electron chi connectivity index (χ0n) is 20.4. The summed E-state index contributed by atoms with van der Waals surface area (Å²) in [5.74, 6) is -0.662. The molecule has 0 radical (unpaired) electrons. The Labute approximate surface area is 240 Å². The number of aryl methyl sites for hydroxylation is 2. The molecule has 4 rings (SSSR count). The van der Waals surface area contributed by atoms with Crippen LogP contribution in [0, 0.1) is 13.8 Å². The standard InChI is InChI=1S/C28H22Br2N2O5S/c1-16-11-22(30)23(12-17(16)2)31-26(34)15-37-21-9-3-18(4-10-21)13-25-27(35)32(28(36)38-25)14-24(33)19-5-7-20(29)8-6-19/h3-13H,14-15H2,1-2H3,(H,31,34)/b25-13+. The number of rotatable bonds is 8. The van der Waals surface area contributed by atoms with Crippen molar-refractivity contribution in [3.8, 4) is 5.75 Å². The van der Waals surface area contributed by atoms with Gasteiger partial charge >= 0.3 is 0 Å². The van der Waals surface area contributed by atoms with Crippen molar-refractivity contribution in [1.29, 1.82) is 0 Å². The minimum Gasteiger partial charge on any atom is -0.484 e. The number of thioether (sulfide) groups is 1. The maximum Gasteiger partial charge on any atom is 0.293 e. The Kier molecular flexibility index (Phi) is 8.86. The van der Waals surface area contributed by atoms with Crippen molar-refractivity contribution in [1.82, 2.24) is 4.90 Å². The number of carbonyl (C=O) groups excluding carboxylic acids is 4. The molecule has 1 aliphatic heterocycles. The molecule has 194 valence electrons. The molecule has 1 aliphatic rings. The summed E-state index contributed by atoms with van der Waals surface area (Å²) in [6.45, 7) is 3.47. The van der Waals surface area contributed by atoms with Gasteiger partial charge < -0.3 is 10.1 Å². The number of nitrogens with zero attached hydrogens (tertiary/aromatic N) is 1. The number of imide groups is 1. The molecule has 0 saturated carbocycles.